The fraction of sp³-hybridized carbons (Fsp3) is 0.909. The van der Waals surface area contributed by atoms with E-state index in [4.69, 9.17) is 4.74 Å². The van der Waals surface area contributed by atoms with E-state index in [-0.39, 0.29) is 18.6 Å². The highest BCUT2D eigenvalue weighted by atomic mass is 19.1. The molecule has 0 aromatic carbocycles. The lowest BCUT2D eigenvalue weighted by molar-refractivity contribution is 0.0504. The number of amides is 1. The second kappa shape index (κ2) is 4.81. The summed E-state index contributed by atoms with van der Waals surface area (Å²) in [5.74, 6) is 0.116. The van der Waals surface area contributed by atoms with E-state index in [1.807, 2.05) is 20.8 Å². The summed E-state index contributed by atoms with van der Waals surface area (Å²) in [6, 6.07) is 0.0839. The molecule has 0 aromatic rings. The van der Waals surface area contributed by atoms with Crippen molar-refractivity contribution in [3.63, 3.8) is 0 Å². The minimum Gasteiger partial charge on any atom is -0.444 e. The summed E-state index contributed by atoms with van der Waals surface area (Å²) < 4.78 is 17.5. The summed E-state index contributed by atoms with van der Waals surface area (Å²) in [4.78, 5) is 11.4. The van der Waals surface area contributed by atoms with E-state index in [1.165, 1.54) is 0 Å². The molecule has 1 saturated carbocycles. The molecule has 1 N–H and O–H groups in total. The van der Waals surface area contributed by atoms with Crippen LogP contribution in [0.1, 0.15) is 40.0 Å². The van der Waals surface area contributed by atoms with E-state index in [0.29, 0.717) is 0 Å². The van der Waals surface area contributed by atoms with Crippen molar-refractivity contribution in [3.8, 4) is 0 Å². The summed E-state index contributed by atoms with van der Waals surface area (Å²) >= 11 is 0. The Kier molecular flexibility index (Phi) is 3.94. The molecule has 1 aliphatic carbocycles. The van der Waals surface area contributed by atoms with E-state index in [1.54, 1.807) is 0 Å². The van der Waals surface area contributed by atoms with Gasteiger partial charge in [-0.15, -0.1) is 0 Å². The van der Waals surface area contributed by atoms with Gasteiger partial charge in [-0.25, -0.2) is 4.79 Å². The molecule has 0 aromatic heterocycles. The Balaban J connectivity index is 2.28. The number of halogens is 1. The zero-order valence-corrected chi connectivity index (χ0v) is 9.68. The van der Waals surface area contributed by atoms with Gasteiger partial charge in [0.15, 0.2) is 0 Å². The number of carbonyl (C=O) groups excluding carboxylic acids is 1. The molecule has 0 saturated heterocycles. The van der Waals surface area contributed by atoms with Crippen LogP contribution in [0.3, 0.4) is 0 Å². The lowest BCUT2D eigenvalue weighted by atomic mass is 10.1. The summed E-state index contributed by atoms with van der Waals surface area (Å²) in [6.07, 6.45) is 2.05. The molecule has 4 heteroatoms. The van der Waals surface area contributed by atoms with Crippen molar-refractivity contribution < 1.29 is 13.9 Å². The first-order valence-corrected chi connectivity index (χ1v) is 5.46. The predicted octanol–water partition coefficient (Wildman–Crippen LogP) is 2.65. The van der Waals surface area contributed by atoms with Crippen LogP contribution < -0.4 is 5.32 Å². The maximum absolute atomic E-state index is 12.3. The van der Waals surface area contributed by atoms with Crippen molar-refractivity contribution in [2.75, 3.05) is 6.67 Å². The van der Waals surface area contributed by atoms with Crippen LogP contribution in [-0.2, 0) is 4.74 Å². The third-order valence-electron chi connectivity index (χ3n) is 2.48. The number of hydrogen-bond acceptors (Lipinski definition) is 2. The number of carbonyl (C=O) groups is 1. The normalized spacial score (nSPS) is 26.4. The number of alkyl halides is 1. The van der Waals surface area contributed by atoms with E-state index in [9.17, 15) is 9.18 Å². The monoisotopic (exact) mass is 217 g/mol. The third-order valence-corrected chi connectivity index (χ3v) is 2.48. The molecule has 15 heavy (non-hydrogen) atoms. The maximum Gasteiger partial charge on any atom is 0.407 e. The summed E-state index contributed by atoms with van der Waals surface area (Å²) in [5.41, 5.74) is -0.470. The Morgan fingerprint density at radius 1 is 1.47 bits per heavy atom. The van der Waals surface area contributed by atoms with Gasteiger partial charge in [-0.05, 0) is 46.0 Å². The lowest BCUT2D eigenvalue weighted by Gasteiger charge is -2.21. The quantitative estimate of drug-likeness (QED) is 0.772. The Morgan fingerprint density at radius 3 is 2.60 bits per heavy atom. The Labute approximate surface area is 90.4 Å². The molecule has 0 spiro atoms. The highest BCUT2D eigenvalue weighted by Crippen LogP contribution is 2.25. The molecule has 88 valence electrons. The molecule has 0 radical (unpaired) electrons. The molecular formula is C11H20FNO2. The van der Waals surface area contributed by atoms with Crippen LogP contribution >= 0.6 is 0 Å². The minimum atomic E-state index is -0.470. The molecule has 1 aliphatic rings. The van der Waals surface area contributed by atoms with E-state index < -0.39 is 11.7 Å². The van der Waals surface area contributed by atoms with Crippen molar-refractivity contribution in [2.45, 2.75) is 51.7 Å². The summed E-state index contributed by atoms with van der Waals surface area (Å²) in [5, 5.41) is 2.77. The molecule has 0 unspecified atom stereocenters. The fourth-order valence-electron chi connectivity index (χ4n) is 1.82. The highest BCUT2D eigenvalue weighted by Gasteiger charge is 2.27. The highest BCUT2D eigenvalue weighted by molar-refractivity contribution is 5.68. The fourth-order valence-corrected chi connectivity index (χ4v) is 1.82. The lowest BCUT2D eigenvalue weighted by Crippen LogP contribution is -2.38. The maximum atomic E-state index is 12.3. The number of ether oxygens (including phenoxy) is 1. The summed E-state index contributed by atoms with van der Waals surface area (Å²) in [7, 11) is 0. The number of rotatable bonds is 2. The van der Waals surface area contributed by atoms with Crippen molar-refractivity contribution >= 4 is 6.09 Å². The number of nitrogens with one attached hydrogen (secondary N) is 1. The van der Waals surface area contributed by atoms with Crippen LogP contribution in [0.25, 0.3) is 0 Å². The number of alkyl carbamates (subject to hydrolysis) is 1. The third kappa shape index (κ3) is 4.49. The molecule has 0 heterocycles. The molecule has 1 fully saturated rings. The van der Waals surface area contributed by atoms with Crippen molar-refractivity contribution in [2.24, 2.45) is 5.92 Å². The molecule has 1 amide bonds. The molecule has 1 rings (SSSR count). The second-order valence-corrected chi connectivity index (χ2v) is 5.18. The standard InChI is InChI=1S/C11H20FNO2/c1-11(2,3)15-10(14)13-9-5-4-8(6-9)7-12/h8-9H,4-7H2,1-3H3,(H,13,14)/t8-,9+/m1/s1. The Morgan fingerprint density at radius 2 is 2.13 bits per heavy atom. The molecule has 0 aliphatic heterocycles. The first kappa shape index (κ1) is 12.3. The van der Waals surface area contributed by atoms with Crippen LogP contribution in [-0.4, -0.2) is 24.4 Å². The Bertz CT molecular complexity index is 225. The van der Waals surface area contributed by atoms with Gasteiger partial charge in [0.2, 0.25) is 0 Å². The van der Waals surface area contributed by atoms with Crippen LogP contribution in [0.5, 0.6) is 0 Å². The SMILES string of the molecule is CC(C)(C)OC(=O)N[C@H]1CC[C@@H](CF)C1. The smallest absolute Gasteiger partial charge is 0.407 e. The van der Waals surface area contributed by atoms with Gasteiger partial charge in [0, 0.05) is 6.04 Å². The molecule has 0 bridgehead atoms. The van der Waals surface area contributed by atoms with Crippen LogP contribution in [0.15, 0.2) is 0 Å². The Hall–Kier alpha value is -0.800. The molecule has 3 nitrogen and oxygen atoms in total. The van der Waals surface area contributed by atoms with Gasteiger partial charge in [-0.3, -0.25) is 4.39 Å². The van der Waals surface area contributed by atoms with Crippen molar-refractivity contribution in [1.29, 1.82) is 0 Å². The van der Waals surface area contributed by atoms with Gasteiger partial charge in [-0.2, -0.15) is 0 Å². The van der Waals surface area contributed by atoms with E-state index >= 15 is 0 Å². The first-order valence-electron chi connectivity index (χ1n) is 5.46. The molecular weight excluding hydrogens is 197 g/mol. The van der Waals surface area contributed by atoms with Crippen LogP contribution in [0.2, 0.25) is 0 Å². The molecule has 2 atom stereocenters. The number of hydrogen-bond donors (Lipinski definition) is 1. The van der Waals surface area contributed by atoms with Gasteiger partial charge in [0.1, 0.15) is 5.60 Å². The second-order valence-electron chi connectivity index (χ2n) is 5.18. The zero-order chi connectivity index (χ0) is 11.5. The summed E-state index contributed by atoms with van der Waals surface area (Å²) in [6.45, 7) is 5.19. The van der Waals surface area contributed by atoms with Gasteiger partial charge < -0.3 is 10.1 Å². The van der Waals surface area contributed by atoms with E-state index in [2.05, 4.69) is 5.32 Å². The average molecular weight is 217 g/mol. The predicted molar refractivity (Wildman–Crippen MR) is 56.5 cm³/mol. The van der Waals surface area contributed by atoms with E-state index in [0.717, 1.165) is 19.3 Å². The topological polar surface area (TPSA) is 38.3 Å². The van der Waals surface area contributed by atoms with Crippen molar-refractivity contribution in [1.82, 2.24) is 5.32 Å². The largest absolute Gasteiger partial charge is 0.444 e. The van der Waals surface area contributed by atoms with Gasteiger partial charge in [-0.1, -0.05) is 0 Å². The minimum absolute atomic E-state index is 0.0839. The van der Waals surface area contributed by atoms with Crippen LogP contribution in [0, 0.1) is 5.92 Å². The average Bonchev–Trinajstić information content (AvgIpc) is 2.48. The van der Waals surface area contributed by atoms with Crippen molar-refractivity contribution in [3.05, 3.63) is 0 Å². The zero-order valence-electron chi connectivity index (χ0n) is 9.68. The van der Waals surface area contributed by atoms with Gasteiger partial charge in [0.25, 0.3) is 0 Å². The van der Waals surface area contributed by atoms with Crippen LogP contribution in [0.4, 0.5) is 9.18 Å². The van der Waals surface area contributed by atoms with Gasteiger partial charge >= 0.3 is 6.09 Å². The van der Waals surface area contributed by atoms with Gasteiger partial charge in [0.05, 0.1) is 6.67 Å². The first-order chi connectivity index (χ1) is 6.90.